The SMILES string of the molecule is C1=C(c2ccccc2)c2ccc3[nH]c(cc3-c3ccccc3)c3nc(c4nc(N5CCNCC5)sc4c4[nH]c(cc4-c4ccccc4)c1n2)C(c1ccccc1)=C3. The lowest BCUT2D eigenvalue weighted by molar-refractivity contribution is 0.588. The number of H-pyrrole nitrogens is 2. The van der Waals surface area contributed by atoms with Gasteiger partial charge in [0.2, 0.25) is 0 Å². The molecule has 0 saturated carbocycles. The Morgan fingerprint density at radius 1 is 0.509 bits per heavy atom. The number of rotatable bonds is 5. The van der Waals surface area contributed by atoms with Crippen LogP contribution in [0.15, 0.2) is 146 Å². The average Bonchev–Trinajstić information content (AvgIpc) is 4.13. The first kappa shape index (κ1) is 33.5. The van der Waals surface area contributed by atoms with Crippen molar-refractivity contribution in [3.05, 3.63) is 179 Å². The molecule has 7 nitrogen and oxygen atoms in total. The number of aromatic nitrogens is 5. The molecule has 8 heteroatoms. The van der Waals surface area contributed by atoms with Crippen molar-refractivity contribution in [2.24, 2.45) is 0 Å². The van der Waals surface area contributed by atoms with Gasteiger partial charge in [-0.3, -0.25) is 0 Å². The molecular formula is C49H37N7S. The van der Waals surface area contributed by atoms with Gasteiger partial charge in [0.1, 0.15) is 5.52 Å². The van der Waals surface area contributed by atoms with Crippen molar-refractivity contribution in [1.29, 1.82) is 0 Å². The van der Waals surface area contributed by atoms with Crippen LogP contribution in [-0.4, -0.2) is 51.1 Å². The van der Waals surface area contributed by atoms with E-state index in [1.807, 2.05) is 0 Å². The lowest BCUT2D eigenvalue weighted by Gasteiger charge is -2.26. The fraction of sp³-hybridized carbons (Fsp3) is 0.0816. The van der Waals surface area contributed by atoms with Gasteiger partial charge in [-0.1, -0.05) is 133 Å². The van der Waals surface area contributed by atoms with E-state index >= 15 is 0 Å². The first-order chi connectivity index (χ1) is 28.2. The van der Waals surface area contributed by atoms with Crippen LogP contribution in [0.5, 0.6) is 0 Å². The van der Waals surface area contributed by atoms with Gasteiger partial charge < -0.3 is 20.2 Å². The van der Waals surface area contributed by atoms with Crippen molar-refractivity contribution in [2.45, 2.75) is 0 Å². The minimum atomic E-state index is 0.860. The van der Waals surface area contributed by atoms with Crippen LogP contribution < -0.4 is 10.2 Å². The molecule has 57 heavy (non-hydrogen) atoms. The number of aromatic amines is 2. The van der Waals surface area contributed by atoms with Crippen molar-refractivity contribution < 1.29 is 0 Å². The maximum absolute atomic E-state index is 5.53. The van der Waals surface area contributed by atoms with Crippen molar-refractivity contribution >= 4 is 72.1 Å². The van der Waals surface area contributed by atoms with Crippen molar-refractivity contribution in [3.63, 3.8) is 0 Å². The number of anilines is 1. The molecule has 0 amide bonds. The largest absolute Gasteiger partial charge is 0.353 e. The summed E-state index contributed by atoms with van der Waals surface area (Å²) >= 11 is 1.74. The molecule has 3 N–H and O–H groups in total. The van der Waals surface area contributed by atoms with Crippen LogP contribution >= 0.6 is 11.3 Å². The van der Waals surface area contributed by atoms with E-state index < -0.39 is 0 Å². The highest BCUT2D eigenvalue weighted by atomic mass is 32.1. The molecule has 0 aliphatic carbocycles. The highest BCUT2D eigenvalue weighted by molar-refractivity contribution is 7.23. The van der Waals surface area contributed by atoms with Crippen LogP contribution in [0.1, 0.15) is 33.9 Å². The number of benzene rings is 4. The van der Waals surface area contributed by atoms with Crippen LogP contribution in [0.3, 0.4) is 0 Å². The fourth-order valence-corrected chi connectivity index (χ4v) is 9.26. The maximum Gasteiger partial charge on any atom is 0.186 e. The standard InChI is InChI=1S/C49H37N7S/c1-5-13-31(14-6-1)35-27-41-43-29-37(33-17-9-3-10-18-33)45(53-43)47-48(57-49(55-47)56-25-23-50-24-26-56)46-38(34-19-11-4-12-20-34)30-44(54-46)42-28-36(32-15-7-2-8-16-32)40(52-42)22-21-39(35)51-41/h1-22,27-30,50-51,54H,23-26H2. The molecule has 1 fully saturated rings. The molecule has 274 valence electrons. The quantitative estimate of drug-likeness (QED) is 0.163. The van der Waals surface area contributed by atoms with Crippen LogP contribution in [-0.2, 0) is 0 Å². The molecule has 8 aromatic rings. The molecule has 3 aliphatic heterocycles. The monoisotopic (exact) mass is 755 g/mol. The van der Waals surface area contributed by atoms with E-state index in [0.717, 1.165) is 131 Å². The van der Waals surface area contributed by atoms with Gasteiger partial charge in [0.15, 0.2) is 5.13 Å². The Morgan fingerprint density at radius 2 is 1.07 bits per heavy atom. The Bertz CT molecular complexity index is 3030. The predicted octanol–water partition coefficient (Wildman–Crippen LogP) is 10.8. The van der Waals surface area contributed by atoms with E-state index in [2.05, 4.69) is 178 Å². The topological polar surface area (TPSA) is 85.5 Å². The number of nitrogens with one attached hydrogen (secondary N) is 3. The van der Waals surface area contributed by atoms with Gasteiger partial charge in [0, 0.05) is 54.0 Å². The highest BCUT2D eigenvalue weighted by Gasteiger charge is 2.24. The molecule has 0 atom stereocenters. The van der Waals surface area contributed by atoms with Gasteiger partial charge in [0.05, 0.1) is 44.0 Å². The Labute approximate surface area is 333 Å². The van der Waals surface area contributed by atoms with Crippen molar-refractivity contribution in [3.8, 4) is 22.3 Å². The van der Waals surface area contributed by atoms with Crippen molar-refractivity contribution in [2.75, 3.05) is 31.1 Å². The molecule has 3 aliphatic rings. The van der Waals surface area contributed by atoms with Crippen LogP contribution in [0.2, 0.25) is 0 Å². The van der Waals surface area contributed by atoms with Gasteiger partial charge in [-0.2, -0.15) is 0 Å². The Morgan fingerprint density at radius 3 is 1.75 bits per heavy atom. The Hall–Kier alpha value is -6.87. The van der Waals surface area contributed by atoms with E-state index in [1.165, 1.54) is 0 Å². The zero-order valence-electron chi connectivity index (χ0n) is 31.0. The number of nitrogens with zero attached hydrogens (tertiary/aromatic N) is 4. The Balaban J connectivity index is 1.31. The van der Waals surface area contributed by atoms with Gasteiger partial charge >= 0.3 is 0 Å². The molecule has 8 bridgehead atoms. The van der Waals surface area contributed by atoms with Gasteiger partial charge in [0.25, 0.3) is 0 Å². The van der Waals surface area contributed by atoms with E-state index in [0.29, 0.717) is 0 Å². The van der Waals surface area contributed by atoms with Gasteiger partial charge in [-0.25, -0.2) is 15.0 Å². The fourth-order valence-electron chi connectivity index (χ4n) is 8.13. The normalized spacial score (nSPS) is 14.1. The number of thiazole rings is 1. The molecule has 0 radical (unpaired) electrons. The second-order valence-electron chi connectivity index (χ2n) is 14.5. The van der Waals surface area contributed by atoms with E-state index in [1.54, 1.807) is 11.3 Å². The molecule has 1 saturated heterocycles. The summed E-state index contributed by atoms with van der Waals surface area (Å²) in [5.74, 6) is 0. The third-order valence-electron chi connectivity index (χ3n) is 11.0. The summed E-state index contributed by atoms with van der Waals surface area (Å²) in [5.41, 5.74) is 17.0. The third-order valence-corrected chi connectivity index (χ3v) is 12.1. The zero-order chi connectivity index (χ0) is 37.7. The molecule has 4 aromatic carbocycles. The summed E-state index contributed by atoms with van der Waals surface area (Å²) in [5, 5.41) is 4.51. The average molecular weight is 756 g/mol. The number of hydrogen-bond donors (Lipinski definition) is 3. The summed E-state index contributed by atoms with van der Waals surface area (Å²) in [6.45, 7) is 3.62. The van der Waals surface area contributed by atoms with E-state index in [-0.39, 0.29) is 0 Å². The van der Waals surface area contributed by atoms with Crippen LogP contribution in [0, 0.1) is 0 Å². The van der Waals surface area contributed by atoms with E-state index in [9.17, 15) is 0 Å². The van der Waals surface area contributed by atoms with Crippen molar-refractivity contribution in [1.82, 2.24) is 30.2 Å². The molecule has 7 heterocycles. The number of hydrogen-bond acceptors (Lipinski definition) is 6. The van der Waals surface area contributed by atoms with E-state index in [4.69, 9.17) is 15.0 Å². The first-order valence-electron chi connectivity index (χ1n) is 19.4. The molecule has 0 spiro atoms. The molecule has 11 rings (SSSR count). The second kappa shape index (κ2) is 14.0. The number of fused-ring (bicyclic) bond motifs is 13. The minimum Gasteiger partial charge on any atom is -0.353 e. The Kier molecular flexibility index (Phi) is 8.23. The summed E-state index contributed by atoms with van der Waals surface area (Å²) < 4.78 is 1.05. The lowest BCUT2D eigenvalue weighted by atomic mass is 10.0. The molecule has 4 aromatic heterocycles. The zero-order valence-corrected chi connectivity index (χ0v) is 31.9. The third kappa shape index (κ3) is 6.07. The maximum atomic E-state index is 5.53. The smallest absolute Gasteiger partial charge is 0.186 e. The van der Waals surface area contributed by atoms with Gasteiger partial charge in [-0.15, -0.1) is 0 Å². The van der Waals surface area contributed by atoms with Crippen LogP contribution in [0.4, 0.5) is 5.13 Å². The number of piperazine rings is 1. The second-order valence-corrected chi connectivity index (χ2v) is 15.5. The van der Waals surface area contributed by atoms with Gasteiger partial charge in [-0.05, 0) is 58.7 Å². The predicted molar refractivity (Wildman–Crippen MR) is 237 cm³/mol. The summed E-state index contributed by atoms with van der Waals surface area (Å²) in [7, 11) is 0. The molecule has 0 unspecified atom stereocenters. The molecular weight excluding hydrogens is 719 g/mol. The van der Waals surface area contributed by atoms with Crippen LogP contribution in [0.25, 0.3) is 77.8 Å². The summed E-state index contributed by atoms with van der Waals surface area (Å²) in [6, 6.07) is 51.1. The summed E-state index contributed by atoms with van der Waals surface area (Å²) in [4.78, 5) is 26.5. The highest BCUT2D eigenvalue weighted by Crippen LogP contribution is 2.42. The minimum absolute atomic E-state index is 0.860. The lowest BCUT2D eigenvalue weighted by Crippen LogP contribution is -2.43. The first-order valence-corrected chi connectivity index (χ1v) is 20.2. The summed E-state index contributed by atoms with van der Waals surface area (Å²) in [6.07, 6.45) is 4.44.